The van der Waals surface area contributed by atoms with Crippen molar-refractivity contribution in [3.8, 4) is 0 Å². The molecule has 0 aromatic carbocycles. The molecule has 0 amide bonds. The summed E-state index contributed by atoms with van der Waals surface area (Å²) in [6.45, 7) is 7.36. The molecule has 0 radical (unpaired) electrons. The first-order valence-corrected chi connectivity index (χ1v) is 9.40. The van der Waals surface area contributed by atoms with Crippen LogP contribution in [-0.4, -0.2) is 44.5 Å². The molecule has 1 aliphatic heterocycles. The Hall–Kier alpha value is -1.14. The molecule has 0 aliphatic carbocycles. The minimum absolute atomic E-state index is 0.227. The van der Waals surface area contributed by atoms with E-state index in [1.54, 1.807) is 0 Å². The fraction of sp³-hybridized carbons (Fsp3) is 0.667. The number of rotatable bonds is 5. The largest absolute Gasteiger partial charge is 0.356 e. The molecule has 2 heterocycles. The van der Waals surface area contributed by atoms with Crippen LogP contribution in [0.5, 0.6) is 0 Å². The lowest BCUT2D eigenvalue weighted by Crippen LogP contribution is -2.28. The third-order valence-corrected chi connectivity index (χ3v) is 5.25. The van der Waals surface area contributed by atoms with Crippen LogP contribution in [0.3, 0.4) is 0 Å². The number of aromatic nitrogens is 1. The van der Waals surface area contributed by atoms with Gasteiger partial charge in [0.05, 0.1) is 17.2 Å². The van der Waals surface area contributed by atoms with Crippen molar-refractivity contribution in [3.05, 3.63) is 23.9 Å². The lowest BCUT2D eigenvalue weighted by Gasteiger charge is -2.21. The molecule has 21 heavy (non-hydrogen) atoms. The maximum atomic E-state index is 11.7. The van der Waals surface area contributed by atoms with Crippen LogP contribution in [0.25, 0.3) is 0 Å². The highest BCUT2D eigenvalue weighted by Gasteiger charge is 2.19. The van der Waals surface area contributed by atoms with Gasteiger partial charge in [-0.3, -0.25) is 0 Å². The smallest absolute Gasteiger partial charge is 0.152 e. The van der Waals surface area contributed by atoms with Gasteiger partial charge in [0.2, 0.25) is 0 Å². The standard InChI is InChI=1S/C15H25N3O2S/c1-13(2)11-16-12-14-5-3-6-15(17-14)18-7-4-9-21(19,20)10-8-18/h3,5-6,13,16H,4,7-12H2,1-2H3. The van der Waals surface area contributed by atoms with Crippen LogP contribution in [0.2, 0.25) is 0 Å². The molecule has 118 valence electrons. The fourth-order valence-corrected chi connectivity index (χ4v) is 3.67. The Balaban J connectivity index is 1.99. The Morgan fingerprint density at radius 3 is 2.86 bits per heavy atom. The molecule has 0 spiro atoms. The number of nitrogens with one attached hydrogen (secondary N) is 1. The summed E-state index contributed by atoms with van der Waals surface area (Å²) in [4.78, 5) is 6.73. The Morgan fingerprint density at radius 2 is 2.10 bits per heavy atom. The van der Waals surface area contributed by atoms with E-state index in [0.29, 0.717) is 24.6 Å². The lowest BCUT2D eigenvalue weighted by molar-refractivity contribution is 0.548. The zero-order chi connectivity index (χ0) is 15.3. The zero-order valence-corrected chi connectivity index (χ0v) is 13.7. The topological polar surface area (TPSA) is 62.3 Å². The number of sulfone groups is 1. The molecular formula is C15H25N3O2S. The van der Waals surface area contributed by atoms with E-state index >= 15 is 0 Å². The maximum Gasteiger partial charge on any atom is 0.152 e. The Bertz CT molecular complexity index is 558. The molecule has 1 aromatic rings. The summed E-state index contributed by atoms with van der Waals surface area (Å²) in [6, 6.07) is 5.96. The third-order valence-electron chi connectivity index (χ3n) is 3.53. The normalized spacial score (nSPS) is 18.7. The monoisotopic (exact) mass is 311 g/mol. The van der Waals surface area contributed by atoms with Gasteiger partial charge in [-0.05, 0) is 31.0 Å². The highest BCUT2D eigenvalue weighted by Crippen LogP contribution is 2.15. The van der Waals surface area contributed by atoms with Crippen molar-refractivity contribution in [1.82, 2.24) is 10.3 Å². The molecule has 6 heteroatoms. The van der Waals surface area contributed by atoms with Gasteiger partial charge in [0.1, 0.15) is 5.82 Å². The number of nitrogens with zero attached hydrogens (tertiary/aromatic N) is 2. The van der Waals surface area contributed by atoms with Crippen molar-refractivity contribution < 1.29 is 8.42 Å². The minimum Gasteiger partial charge on any atom is -0.356 e. The van der Waals surface area contributed by atoms with E-state index in [-0.39, 0.29) is 5.75 Å². The first-order chi connectivity index (χ1) is 9.96. The summed E-state index contributed by atoms with van der Waals surface area (Å²) >= 11 is 0. The van der Waals surface area contributed by atoms with Crippen molar-refractivity contribution in [1.29, 1.82) is 0 Å². The van der Waals surface area contributed by atoms with Crippen molar-refractivity contribution in [2.75, 3.05) is 36.0 Å². The summed E-state index contributed by atoms with van der Waals surface area (Å²) < 4.78 is 23.3. The molecule has 0 unspecified atom stereocenters. The molecule has 1 fully saturated rings. The van der Waals surface area contributed by atoms with Gasteiger partial charge >= 0.3 is 0 Å². The van der Waals surface area contributed by atoms with Gasteiger partial charge in [-0.2, -0.15) is 0 Å². The summed E-state index contributed by atoms with van der Waals surface area (Å²) in [5.41, 5.74) is 1.00. The first kappa shape index (κ1) is 16.2. The van der Waals surface area contributed by atoms with Crippen LogP contribution in [0.4, 0.5) is 5.82 Å². The highest BCUT2D eigenvalue weighted by atomic mass is 32.2. The molecule has 2 rings (SSSR count). The van der Waals surface area contributed by atoms with E-state index < -0.39 is 9.84 Å². The molecule has 0 saturated carbocycles. The summed E-state index contributed by atoms with van der Waals surface area (Å²) in [5, 5.41) is 3.38. The Labute approximate surface area is 127 Å². The van der Waals surface area contributed by atoms with E-state index in [4.69, 9.17) is 0 Å². The molecule has 5 nitrogen and oxygen atoms in total. The number of hydrogen-bond acceptors (Lipinski definition) is 5. The van der Waals surface area contributed by atoms with Gasteiger partial charge in [-0.25, -0.2) is 13.4 Å². The second-order valence-electron chi connectivity index (χ2n) is 6.00. The second kappa shape index (κ2) is 7.22. The van der Waals surface area contributed by atoms with Crippen molar-refractivity contribution >= 4 is 15.7 Å². The third kappa shape index (κ3) is 5.28. The van der Waals surface area contributed by atoms with Gasteiger partial charge in [0.15, 0.2) is 9.84 Å². The summed E-state index contributed by atoms with van der Waals surface area (Å²) in [7, 11) is -2.88. The second-order valence-corrected chi connectivity index (χ2v) is 8.31. The lowest BCUT2D eigenvalue weighted by atomic mass is 10.2. The van der Waals surface area contributed by atoms with Crippen LogP contribution in [-0.2, 0) is 16.4 Å². The Kier molecular flexibility index (Phi) is 5.58. The number of anilines is 1. The van der Waals surface area contributed by atoms with E-state index in [1.807, 2.05) is 18.2 Å². The molecule has 1 saturated heterocycles. The average Bonchev–Trinajstić information content (AvgIpc) is 2.60. The van der Waals surface area contributed by atoms with Crippen LogP contribution >= 0.6 is 0 Å². The Morgan fingerprint density at radius 1 is 1.29 bits per heavy atom. The quantitative estimate of drug-likeness (QED) is 0.892. The molecular weight excluding hydrogens is 286 g/mol. The summed E-state index contributed by atoms with van der Waals surface area (Å²) in [6.07, 6.45) is 0.680. The molecule has 0 atom stereocenters. The van der Waals surface area contributed by atoms with Crippen LogP contribution in [0.1, 0.15) is 26.0 Å². The predicted octanol–water partition coefficient (Wildman–Crippen LogP) is 1.45. The van der Waals surface area contributed by atoms with Crippen LogP contribution < -0.4 is 10.2 Å². The predicted molar refractivity (Wildman–Crippen MR) is 86.3 cm³/mol. The number of pyridine rings is 1. The van der Waals surface area contributed by atoms with Gasteiger partial charge in [0, 0.05) is 19.6 Å². The van der Waals surface area contributed by atoms with Gasteiger partial charge in [-0.1, -0.05) is 19.9 Å². The van der Waals surface area contributed by atoms with Crippen LogP contribution in [0, 0.1) is 5.92 Å². The first-order valence-electron chi connectivity index (χ1n) is 7.58. The van der Waals surface area contributed by atoms with E-state index in [2.05, 4.69) is 29.0 Å². The molecule has 1 aromatic heterocycles. The van der Waals surface area contributed by atoms with E-state index in [9.17, 15) is 8.42 Å². The SMILES string of the molecule is CC(C)CNCc1cccc(N2CCCS(=O)(=O)CC2)n1. The van der Waals surface area contributed by atoms with Gasteiger partial charge < -0.3 is 10.2 Å². The van der Waals surface area contributed by atoms with E-state index in [0.717, 1.165) is 31.1 Å². The maximum absolute atomic E-state index is 11.7. The number of hydrogen-bond donors (Lipinski definition) is 1. The minimum atomic E-state index is -2.88. The molecule has 1 N–H and O–H groups in total. The van der Waals surface area contributed by atoms with Gasteiger partial charge in [0.25, 0.3) is 0 Å². The average molecular weight is 311 g/mol. The summed E-state index contributed by atoms with van der Waals surface area (Å²) in [5.74, 6) is 2.02. The highest BCUT2D eigenvalue weighted by molar-refractivity contribution is 7.91. The van der Waals surface area contributed by atoms with E-state index in [1.165, 1.54) is 0 Å². The van der Waals surface area contributed by atoms with Gasteiger partial charge in [-0.15, -0.1) is 0 Å². The van der Waals surface area contributed by atoms with Crippen molar-refractivity contribution in [2.24, 2.45) is 5.92 Å². The van der Waals surface area contributed by atoms with Crippen molar-refractivity contribution in [2.45, 2.75) is 26.8 Å². The molecule has 1 aliphatic rings. The zero-order valence-electron chi connectivity index (χ0n) is 12.9. The van der Waals surface area contributed by atoms with Crippen molar-refractivity contribution in [3.63, 3.8) is 0 Å². The molecule has 0 bridgehead atoms. The fourth-order valence-electron chi connectivity index (χ4n) is 2.40. The van der Waals surface area contributed by atoms with Crippen LogP contribution in [0.15, 0.2) is 18.2 Å².